The van der Waals surface area contributed by atoms with Crippen LogP contribution in [0.2, 0.25) is 0 Å². The van der Waals surface area contributed by atoms with Gasteiger partial charge in [0.2, 0.25) is 0 Å². The molecule has 2 unspecified atom stereocenters. The second-order valence-electron chi connectivity index (χ2n) is 7.21. The maximum absolute atomic E-state index is 3.75. The van der Waals surface area contributed by atoms with Gasteiger partial charge in [-0.3, -0.25) is 4.90 Å². The lowest BCUT2D eigenvalue weighted by atomic mass is 9.93. The van der Waals surface area contributed by atoms with Crippen LogP contribution in [0.15, 0.2) is 24.3 Å². The Labute approximate surface area is 128 Å². The maximum Gasteiger partial charge on any atom is 0.0252 e. The number of nitrogens with one attached hydrogen (secondary N) is 1. The average molecular weight is 284 g/mol. The van der Waals surface area contributed by atoms with Crippen molar-refractivity contribution < 1.29 is 0 Å². The lowest BCUT2D eigenvalue weighted by molar-refractivity contribution is 0.112. The molecule has 1 N–H and O–H groups in total. The molecule has 1 aromatic carbocycles. The first-order valence-corrected chi connectivity index (χ1v) is 8.97. The molecule has 2 nitrogen and oxygen atoms in total. The van der Waals surface area contributed by atoms with E-state index in [4.69, 9.17) is 0 Å². The minimum atomic E-state index is 0.749. The predicted molar refractivity (Wildman–Crippen MR) is 87.5 cm³/mol. The first-order valence-electron chi connectivity index (χ1n) is 8.97. The molecule has 0 radical (unpaired) electrons. The highest BCUT2D eigenvalue weighted by Gasteiger charge is 2.32. The number of hydrogen-bond acceptors (Lipinski definition) is 2. The second kappa shape index (κ2) is 6.10. The van der Waals surface area contributed by atoms with E-state index in [9.17, 15) is 0 Å². The molecule has 1 aromatic rings. The summed E-state index contributed by atoms with van der Waals surface area (Å²) < 4.78 is 0. The molecule has 0 amide bonds. The Morgan fingerprint density at radius 1 is 1.00 bits per heavy atom. The van der Waals surface area contributed by atoms with Crippen LogP contribution in [0.25, 0.3) is 0 Å². The van der Waals surface area contributed by atoms with Crippen molar-refractivity contribution in [3.05, 3.63) is 35.4 Å². The molecule has 2 saturated heterocycles. The van der Waals surface area contributed by atoms with Gasteiger partial charge in [0.05, 0.1) is 0 Å². The molecule has 0 bridgehead atoms. The quantitative estimate of drug-likeness (QED) is 0.907. The average Bonchev–Trinajstić information content (AvgIpc) is 3.23. The molecular weight excluding hydrogens is 256 g/mol. The third kappa shape index (κ3) is 3.02. The third-order valence-electron chi connectivity index (χ3n) is 5.67. The summed E-state index contributed by atoms with van der Waals surface area (Å²) in [5.41, 5.74) is 3.24. The third-order valence-corrected chi connectivity index (χ3v) is 5.67. The molecule has 4 rings (SSSR count). The summed E-state index contributed by atoms with van der Waals surface area (Å²) >= 11 is 0. The van der Waals surface area contributed by atoms with Crippen molar-refractivity contribution in [3.63, 3.8) is 0 Å². The number of likely N-dealkylation sites (tertiary alicyclic amines) is 1. The van der Waals surface area contributed by atoms with Crippen LogP contribution >= 0.6 is 0 Å². The van der Waals surface area contributed by atoms with E-state index in [-0.39, 0.29) is 0 Å². The monoisotopic (exact) mass is 284 g/mol. The van der Waals surface area contributed by atoms with Gasteiger partial charge in [-0.1, -0.05) is 30.7 Å². The van der Waals surface area contributed by atoms with Crippen molar-refractivity contribution >= 4 is 0 Å². The van der Waals surface area contributed by atoms with Gasteiger partial charge in [-0.15, -0.1) is 0 Å². The number of rotatable bonds is 4. The van der Waals surface area contributed by atoms with E-state index < -0.39 is 0 Å². The minimum absolute atomic E-state index is 0.749. The van der Waals surface area contributed by atoms with Crippen molar-refractivity contribution in [1.82, 2.24) is 10.2 Å². The zero-order chi connectivity index (χ0) is 14.1. The van der Waals surface area contributed by atoms with E-state index in [1.54, 1.807) is 11.1 Å². The van der Waals surface area contributed by atoms with Gasteiger partial charge in [-0.05, 0) is 68.7 Å². The molecule has 1 aliphatic carbocycles. The molecule has 1 saturated carbocycles. The van der Waals surface area contributed by atoms with E-state index in [1.165, 1.54) is 64.6 Å². The number of hydrogen-bond donors (Lipinski definition) is 1. The van der Waals surface area contributed by atoms with Gasteiger partial charge in [-0.25, -0.2) is 0 Å². The SMILES string of the molecule is c1ccc(C2CC2)c(CN2CCCCC2C2CCCN2)c1. The van der Waals surface area contributed by atoms with Gasteiger partial charge in [0.15, 0.2) is 0 Å². The minimum Gasteiger partial charge on any atom is -0.312 e. The molecule has 2 heterocycles. The highest BCUT2D eigenvalue weighted by Crippen LogP contribution is 2.42. The zero-order valence-electron chi connectivity index (χ0n) is 13.1. The summed E-state index contributed by atoms with van der Waals surface area (Å²) in [4.78, 5) is 2.79. The molecule has 21 heavy (non-hydrogen) atoms. The van der Waals surface area contributed by atoms with E-state index in [2.05, 4.69) is 34.5 Å². The van der Waals surface area contributed by atoms with Crippen molar-refractivity contribution in [1.29, 1.82) is 0 Å². The standard InChI is InChI=1S/C19H28N2/c1-2-7-17(15-10-11-15)16(6-1)14-21-13-4-3-9-19(21)18-8-5-12-20-18/h1-2,6-7,15,18-20H,3-5,8-14H2. The summed E-state index contributed by atoms with van der Waals surface area (Å²) in [6.07, 6.45) is 9.76. The van der Waals surface area contributed by atoms with Gasteiger partial charge in [0.25, 0.3) is 0 Å². The topological polar surface area (TPSA) is 15.3 Å². The van der Waals surface area contributed by atoms with Crippen molar-refractivity contribution in [3.8, 4) is 0 Å². The fourth-order valence-corrected chi connectivity index (χ4v) is 4.40. The molecule has 2 atom stereocenters. The number of benzene rings is 1. The number of piperidine rings is 1. The van der Waals surface area contributed by atoms with E-state index >= 15 is 0 Å². The summed E-state index contributed by atoms with van der Waals surface area (Å²) in [5, 5.41) is 3.75. The molecule has 0 spiro atoms. The van der Waals surface area contributed by atoms with E-state index in [0.29, 0.717) is 0 Å². The Kier molecular flexibility index (Phi) is 4.00. The van der Waals surface area contributed by atoms with Crippen molar-refractivity contribution in [2.75, 3.05) is 13.1 Å². The summed E-state index contributed by atoms with van der Waals surface area (Å²) in [6, 6.07) is 10.7. The van der Waals surface area contributed by atoms with Crippen LogP contribution in [-0.4, -0.2) is 30.1 Å². The summed E-state index contributed by atoms with van der Waals surface area (Å²) in [6.45, 7) is 3.70. The van der Waals surface area contributed by atoms with Gasteiger partial charge < -0.3 is 5.32 Å². The molecule has 114 valence electrons. The van der Waals surface area contributed by atoms with Crippen molar-refractivity contribution in [2.24, 2.45) is 0 Å². The highest BCUT2D eigenvalue weighted by atomic mass is 15.2. The Morgan fingerprint density at radius 2 is 1.90 bits per heavy atom. The Hall–Kier alpha value is -0.860. The van der Waals surface area contributed by atoms with Crippen LogP contribution in [0, 0.1) is 0 Å². The fraction of sp³-hybridized carbons (Fsp3) is 0.684. The molecule has 3 fully saturated rings. The largest absolute Gasteiger partial charge is 0.312 e. The van der Waals surface area contributed by atoms with E-state index in [0.717, 1.165) is 18.0 Å². The smallest absolute Gasteiger partial charge is 0.0252 e. The second-order valence-corrected chi connectivity index (χ2v) is 7.21. The van der Waals surface area contributed by atoms with Gasteiger partial charge in [0, 0.05) is 18.6 Å². The fourth-order valence-electron chi connectivity index (χ4n) is 4.40. The van der Waals surface area contributed by atoms with Crippen LogP contribution < -0.4 is 5.32 Å². The summed E-state index contributed by atoms with van der Waals surface area (Å²) in [5.74, 6) is 0.869. The molecule has 2 aliphatic heterocycles. The Balaban J connectivity index is 1.51. The predicted octanol–water partition coefficient (Wildman–Crippen LogP) is 3.67. The van der Waals surface area contributed by atoms with Gasteiger partial charge in [-0.2, -0.15) is 0 Å². The van der Waals surface area contributed by atoms with Crippen LogP contribution in [0.5, 0.6) is 0 Å². The van der Waals surface area contributed by atoms with Crippen LogP contribution in [0.3, 0.4) is 0 Å². The van der Waals surface area contributed by atoms with Crippen LogP contribution in [0.1, 0.15) is 62.0 Å². The molecule has 3 aliphatic rings. The first kappa shape index (κ1) is 13.8. The maximum atomic E-state index is 3.75. The highest BCUT2D eigenvalue weighted by molar-refractivity contribution is 5.33. The first-order chi connectivity index (χ1) is 10.4. The molecule has 2 heteroatoms. The van der Waals surface area contributed by atoms with Gasteiger partial charge in [0.1, 0.15) is 0 Å². The Bertz CT molecular complexity index is 474. The zero-order valence-corrected chi connectivity index (χ0v) is 13.1. The normalized spacial score (nSPS) is 30.7. The van der Waals surface area contributed by atoms with E-state index in [1.807, 2.05) is 0 Å². The van der Waals surface area contributed by atoms with Crippen LogP contribution in [-0.2, 0) is 6.54 Å². The van der Waals surface area contributed by atoms with Crippen molar-refractivity contribution in [2.45, 2.75) is 69.5 Å². The molecular formula is C19H28N2. The lowest BCUT2D eigenvalue weighted by Gasteiger charge is -2.39. The summed E-state index contributed by atoms with van der Waals surface area (Å²) in [7, 11) is 0. The Morgan fingerprint density at radius 3 is 2.71 bits per heavy atom. The van der Waals surface area contributed by atoms with Gasteiger partial charge >= 0.3 is 0 Å². The van der Waals surface area contributed by atoms with Crippen LogP contribution in [0.4, 0.5) is 0 Å². The lowest BCUT2D eigenvalue weighted by Crippen LogP contribution is -2.49. The molecule has 0 aromatic heterocycles. The number of nitrogens with zero attached hydrogens (tertiary/aromatic N) is 1.